The fourth-order valence-electron chi connectivity index (χ4n) is 2.70. The highest BCUT2D eigenvalue weighted by Crippen LogP contribution is 2.37. The van der Waals surface area contributed by atoms with Gasteiger partial charge in [-0.15, -0.1) is 0 Å². The van der Waals surface area contributed by atoms with Crippen LogP contribution in [0.5, 0.6) is 0 Å². The zero-order valence-corrected chi connectivity index (χ0v) is 12.3. The van der Waals surface area contributed by atoms with Crippen molar-refractivity contribution in [2.75, 3.05) is 32.6 Å². The maximum Gasteiger partial charge on any atom is 0.159 e. The Hall–Kier alpha value is -1.42. The summed E-state index contributed by atoms with van der Waals surface area (Å²) >= 11 is 0. The molecule has 0 unspecified atom stereocenters. The molecule has 2 rings (SSSR count). The fraction of sp³-hybridized carbons (Fsp3) is 0.600. The van der Waals surface area contributed by atoms with Crippen molar-refractivity contribution in [1.29, 1.82) is 0 Å². The van der Waals surface area contributed by atoms with E-state index in [2.05, 4.69) is 35.9 Å². The van der Waals surface area contributed by atoms with E-state index in [1.807, 2.05) is 6.07 Å². The molecule has 104 valence electrons. The van der Waals surface area contributed by atoms with Gasteiger partial charge in [-0.1, -0.05) is 0 Å². The van der Waals surface area contributed by atoms with Crippen molar-refractivity contribution in [2.45, 2.75) is 31.7 Å². The van der Waals surface area contributed by atoms with Crippen LogP contribution in [-0.2, 0) is 0 Å². The van der Waals surface area contributed by atoms with Gasteiger partial charge in [0.05, 0.1) is 0 Å². The van der Waals surface area contributed by atoms with E-state index < -0.39 is 0 Å². The normalized spacial score (nSPS) is 17.1. The van der Waals surface area contributed by atoms with Crippen molar-refractivity contribution in [2.24, 2.45) is 0 Å². The smallest absolute Gasteiger partial charge is 0.159 e. The number of hydrogen-bond donors (Lipinski definition) is 0. The van der Waals surface area contributed by atoms with Gasteiger partial charge in [-0.3, -0.25) is 4.79 Å². The molecular weight excluding hydrogens is 238 g/mol. The molecule has 1 saturated carbocycles. The Morgan fingerprint density at radius 1 is 1.37 bits per heavy atom. The number of anilines is 1. The lowest BCUT2D eigenvalue weighted by Crippen LogP contribution is -2.56. The number of carbonyl (C=O) groups excluding carboxylic acids is 1. The molecule has 0 saturated heterocycles. The first-order chi connectivity index (χ1) is 8.94. The van der Waals surface area contributed by atoms with Crippen LogP contribution in [0.25, 0.3) is 0 Å². The van der Waals surface area contributed by atoms with E-state index in [1.54, 1.807) is 19.2 Å². The molecule has 0 aromatic carbocycles. The topological polar surface area (TPSA) is 36.4 Å². The lowest BCUT2D eigenvalue weighted by atomic mass is 9.75. The molecule has 0 N–H and O–H groups in total. The largest absolute Gasteiger partial charge is 0.358 e. The third-order valence-electron chi connectivity index (χ3n) is 4.31. The Bertz CT molecular complexity index is 466. The average Bonchev–Trinajstić information content (AvgIpc) is 2.33. The summed E-state index contributed by atoms with van der Waals surface area (Å²) in [5.74, 6) is 0.962. The van der Waals surface area contributed by atoms with E-state index in [0.717, 1.165) is 17.9 Å². The average molecular weight is 261 g/mol. The van der Waals surface area contributed by atoms with E-state index in [0.29, 0.717) is 0 Å². The summed E-state index contributed by atoms with van der Waals surface area (Å²) in [5.41, 5.74) is 0.993. The number of hydrogen-bond acceptors (Lipinski definition) is 4. The van der Waals surface area contributed by atoms with Gasteiger partial charge >= 0.3 is 0 Å². The minimum Gasteiger partial charge on any atom is -0.358 e. The molecule has 0 amide bonds. The van der Waals surface area contributed by atoms with Crippen LogP contribution in [0.1, 0.15) is 36.5 Å². The number of ketones is 1. The molecule has 0 atom stereocenters. The second-order valence-corrected chi connectivity index (χ2v) is 5.79. The predicted octanol–water partition coefficient (Wildman–Crippen LogP) is 2.20. The lowest BCUT2D eigenvalue weighted by molar-refractivity contribution is 0.0682. The van der Waals surface area contributed by atoms with Gasteiger partial charge in [0.1, 0.15) is 5.82 Å². The standard InChI is InChI=1S/C15H23N3O/c1-12(19)13-6-9-16-14(10-13)18(4)11-15(17(2)3)7-5-8-15/h6,9-10H,5,7-8,11H2,1-4H3. The van der Waals surface area contributed by atoms with Crippen LogP contribution >= 0.6 is 0 Å². The van der Waals surface area contributed by atoms with Crippen molar-refractivity contribution in [3.05, 3.63) is 23.9 Å². The van der Waals surface area contributed by atoms with E-state index in [-0.39, 0.29) is 11.3 Å². The summed E-state index contributed by atoms with van der Waals surface area (Å²) in [4.78, 5) is 20.3. The molecule has 1 aliphatic carbocycles. The van der Waals surface area contributed by atoms with E-state index in [9.17, 15) is 4.79 Å². The van der Waals surface area contributed by atoms with Crippen LogP contribution in [0, 0.1) is 0 Å². The molecule has 1 aromatic heterocycles. The number of carbonyl (C=O) groups is 1. The molecule has 4 heteroatoms. The molecule has 4 nitrogen and oxygen atoms in total. The first-order valence-corrected chi connectivity index (χ1v) is 6.80. The summed E-state index contributed by atoms with van der Waals surface area (Å²) < 4.78 is 0. The SMILES string of the molecule is CC(=O)c1ccnc(N(C)CC2(N(C)C)CCC2)c1. The van der Waals surface area contributed by atoms with Gasteiger partial charge < -0.3 is 9.80 Å². The van der Waals surface area contributed by atoms with Gasteiger partial charge in [-0.2, -0.15) is 0 Å². The Balaban J connectivity index is 2.13. The lowest BCUT2D eigenvalue weighted by Gasteiger charge is -2.49. The summed E-state index contributed by atoms with van der Waals surface area (Å²) in [7, 11) is 6.34. The predicted molar refractivity (Wildman–Crippen MR) is 77.8 cm³/mol. The summed E-state index contributed by atoms with van der Waals surface area (Å²) in [6.07, 6.45) is 5.48. The monoisotopic (exact) mass is 261 g/mol. The Labute approximate surface area is 115 Å². The molecule has 0 aliphatic heterocycles. The van der Waals surface area contributed by atoms with Crippen molar-refractivity contribution < 1.29 is 4.79 Å². The third kappa shape index (κ3) is 2.78. The quantitative estimate of drug-likeness (QED) is 0.761. The van der Waals surface area contributed by atoms with Crippen molar-refractivity contribution in [1.82, 2.24) is 9.88 Å². The van der Waals surface area contributed by atoms with Gasteiger partial charge in [0.15, 0.2) is 5.78 Å². The number of aromatic nitrogens is 1. The number of rotatable bonds is 5. The molecule has 0 bridgehead atoms. The highest BCUT2D eigenvalue weighted by atomic mass is 16.1. The maximum absolute atomic E-state index is 11.4. The van der Waals surface area contributed by atoms with Crippen LogP contribution in [0.3, 0.4) is 0 Å². The number of nitrogens with zero attached hydrogens (tertiary/aromatic N) is 3. The summed E-state index contributed by atoms with van der Waals surface area (Å²) in [6.45, 7) is 2.54. The molecule has 0 radical (unpaired) electrons. The van der Waals surface area contributed by atoms with Crippen LogP contribution < -0.4 is 4.90 Å². The molecule has 1 fully saturated rings. The second kappa shape index (κ2) is 5.29. The zero-order valence-electron chi connectivity index (χ0n) is 12.3. The molecule has 1 aromatic rings. The van der Waals surface area contributed by atoms with Crippen molar-refractivity contribution >= 4 is 11.6 Å². The molecule has 1 aliphatic rings. The second-order valence-electron chi connectivity index (χ2n) is 5.79. The number of pyridine rings is 1. The number of Topliss-reactive ketones (excluding diaryl/α,β-unsaturated/α-hetero) is 1. The maximum atomic E-state index is 11.4. The Kier molecular flexibility index (Phi) is 3.90. The van der Waals surface area contributed by atoms with Crippen molar-refractivity contribution in [3.8, 4) is 0 Å². The summed E-state index contributed by atoms with van der Waals surface area (Å²) in [5, 5.41) is 0. The Morgan fingerprint density at radius 3 is 2.53 bits per heavy atom. The first kappa shape index (κ1) is 14.0. The van der Waals surface area contributed by atoms with Gasteiger partial charge in [-0.05, 0) is 52.4 Å². The molecular formula is C15H23N3O. The van der Waals surface area contributed by atoms with E-state index >= 15 is 0 Å². The highest BCUT2D eigenvalue weighted by Gasteiger charge is 2.40. The van der Waals surface area contributed by atoms with Gasteiger partial charge in [-0.25, -0.2) is 4.98 Å². The molecule has 0 spiro atoms. The van der Waals surface area contributed by atoms with Crippen LogP contribution in [-0.4, -0.2) is 48.9 Å². The molecule has 19 heavy (non-hydrogen) atoms. The third-order valence-corrected chi connectivity index (χ3v) is 4.31. The van der Waals surface area contributed by atoms with Crippen LogP contribution in [0.2, 0.25) is 0 Å². The number of likely N-dealkylation sites (N-methyl/N-ethyl adjacent to an activating group) is 2. The van der Waals surface area contributed by atoms with Gasteiger partial charge in [0.2, 0.25) is 0 Å². The van der Waals surface area contributed by atoms with Gasteiger partial charge in [0.25, 0.3) is 0 Å². The van der Waals surface area contributed by atoms with Gasteiger partial charge in [0, 0.05) is 30.9 Å². The van der Waals surface area contributed by atoms with Crippen molar-refractivity contribution in [3.63, 3.8) is 0 Å². The molecule has 1 heterocycles. The fourth-order valence-corrected chi connectivity index (χ4v) is 2.70. The summed E-state index contributed by atoms with van der Waals surface area (Å²) in [6, 6.07) is 3.65. The van der Waals surface area contributed by atoms with E-state index in [4.69, 9.17) is 0 Å². The minimum atomic E-state index is 0.0861. The zero-order chi connectivity index (χ0) is 14.0. The van der Waals surface area contributed by atoms with E-state index in [1.165, 1.54) is 19.3 Å². The first-order valence-electron chi connectivity index (χ1n) is 6.80. The Morgan fingerprint density at radius 2 is 2.05 bits per heavy atom. The van der Waals surface area contributed by atoms with Crippen LogP contribution in [0.4, 0.5) is 5.82 Å². The minimum absolute atomic E-state index is 0.0861. The van der Waals surface area contributed by atoms with Crippen LogP contribution in [0.15, 0.2) is 18.3 Å². The highest BCUT2D eigenvalue weighted by molar-refractivity contribution is 5.94.